The van der Waals surface area contributed by atoms with Crippen LogP contribution in [-0.4, -0.2) is 25.6 Å². The maximum atomic E-state index is 13.8. The number of oxime groups is 1. The van der Waals surface area contributed by atoms with Crippen LogP contribution in [0.15, 0.2) is 41.6 Å². The van der Waals surface area contributed by atoms with Crippen molar-refractivity contribution < 1.29 is 27.1 Å². The lowest BCUT2D eigenvalue weighted by molar-refractivity contribution is 0.319. The van der Waals surface area contributed by atoms with Crippen LogP contribution in [0.4, 0.5) is 14.5 Å². The number of anilines is 1. The standard InChI is InChI=1S/C15H14F2N2O4S/c1-9(18-20)10-3-5-13(19-24(2,21)22)15(7-10)23-14-6-4-11(16)8-12(14)17/h3-8,19-20H,1-2H3/b18-9+. The predicted molar refractivity (Wildman–Crippen MR) is 85.3 cm³/mol. The maximum Gasteiger partial charge on any atom is 0.229 e. The van der Waals surface area contributed by atoms with Gasteiger partial charge in [-0.05, 0) is 31.2 Å². The second-order valence-electron chi connectivity index (χ2n) is 4.95. The van der Waals surface area contributed by atoms with Gasteiger partial charge in [-0.2, -0.15) is 0 Å². The topological polar surface area (TPSA) is 88.0 Å². The number of nitrogens with zero attached hydrogens (tertiary/aromatic N) is 1. The third-order valence-corrected chi connectivity index (χ3v) is 3.55. The minimum Gasteiger partial charge on any atom is -0.452 e. The second-order valence-corrected chi connectivity index (χ2v) is 6.70. The van der Waals surface area contributed by atoms with Crippen LogP contribution in [0.1, 0.15) is 12.5 Å². The summed E-state index contributed by atoms with van der Waals surface area (Å²) >= 11 is 0. The first-order chi connectivity index (χ1) is 11.2. The summed E-state index contributed by atoms with van der Waals surface area (Å²) < 4.78 is 57.2. The molecule has 2 aromatic rings. The van der Waals surface area contributed by atoms with E-state index in [9.17, 15) is 17.2 Å². The third kappa shape index (κ3) is 4.42. The molecule has 0 fully saturated rings. The molecule has 0 spiro atoms. The van der Waals surface area contributed by atoms with E-state index < -0.39 is 21.7 Å². The van der Waals surface area contributed by atoms with Gasteiger partial charge in [0.15, 0.2) is 17.3 Å². The van der Waals surface area contributed by atoms with E-state index >= 15 is 0 Å². The van der Waals surface area contributed by atoms with E-state index in [1.54, 1.807) is 0 Å². The summed E-state index contributed by atoms with van der Waals surface area (Å²) in [6, 6.07) is 6.97. The predicted octanol–water partition coefficient (Wildman–Crippen LogP) is 3.33. The van der Waals surface area contributed by atoms with Crippen LogP contribution in [0, 0.1) is 11.6 Å². The van der Waals surface area contributed by atoms with E-state index in [0.717, 1.165) is 18.4 Å². The Morgan fingerprint density at radius 3 is 2.46 bits per heavy atom. The van der Waals surface area contributed by atoms with Crippen molar-refractivity contribution in [1.82, 2.24) is 0 Å². The summed E-state index contributed by atoms with van der Waals surface area (Å²) in [7, 11) is -3.61. The van der Waals surface area contributed by atoms with Gasteiger partial charge in [-0.3, -0.25) is 4.72 Å². The molecule has 0 aliphatic rings. The fourth-order valence-electron chi connectivity index (χ4n) is 1.85. The zero-order valence-electron chi connectivity index (χ0n) is 12.7. The van der Waals surface area contributed by atoms with Gasteiger partial charge in [0, 0.05) is 11.6 Å². The average molecular weight is 356 g/mol. The number of benzene rings is 2. The molecule has 2 rings (SSSR count). The number of sulfonamides is 1. The van der Waals surface area contributed by atoms with Crippen molar-refractivity contribution in [2.24, 2.45) is 5.16 Å². The quantitative estimate of drug-likeness (QED) is 0.489. The van der Waals surface area contributed by atoms with Crippen LogP contribution in [-0.2, 0) is 10.0 Å². The normalized spacial score (nSPS) is 12.1. The lowest BCUT2D eigenvalue weighted by atomic mass is 10.1. The number of ether oxygens (including phenoxy) is 1. The highest BCUT2D eigenvalue weighted by Crippen LogP contribution is 2.33. The first kappa shape index (κ1) is 17.7. The van der Waals surface area contributed by atoms with Crippen molar-refractivity contribution in [1.29, 1.82) is 0 Å². The van der Waals surface area contributed by atoms with Gasteiger partial charge < -0.3 is 9.94 Å². The Morgan fingerprint density at radius 2 is 1.88 bits per heavy atom. The summed E-state index contributed by atoms with van der Waals surface area (Å²) in [4.78, 5) is 0. The van der Waals surface area contributed by atoms with Gasteiger partial charge in [-0.15, -0.1) is 0 Å². The highest BCUT2D eigenvalue weighted by molar-refractivity contribution is 7.92. The van der Waals surface area contributed by atoms with Crippen molar-refractivity contribution in [3.8, 4) is 11.5 Å². The molecule has 0 aliphatic carbocycles. The Bertz CT molecular complexity index is 898. The molecule has 9 heteroatoms. The summed E-state index contributed by atoms with van der Waals surface area (Å²) in [5.74, 6) is -2.04. The Balaban J connectivity index is 2.50. The minimum atomic E-state index is -3.61. The lowest BCUT2D eigenvalue weighted by Gasteiger charge is -2.14. The number of hydrogen-bond donors (Lipinski definition) is 2. The van der Waals surface area contributed by atoms with Crippen LogP contribution in [0.5, 0.6) is 11.5 Å². The monoisotopic (exact) mass is 356 g/mol. The third-order valence-electron chi connectivity index (χ3n) is 2.96. The molecule has 2 aromatic carbocycles. The molecule has 0 amide bonds. The molecular weight excluding hydrogens is 342 g/mol. The van der Waals surface area contributed by atoms with Crippen molar-refractivity contribution in [2.45, 2.75) is 6.92 Å². The first-order valence-corrected chi connectivity index (χ1v) is 8.52. The fraction of sp³-hybridized carbons (Fsp3) is 0.133. The van der Waals surface area contributed by atoms with Gasteiger partial charge >= 0.3 is 0 Å². The van der Waals surface area contributed by atoms with E-state index in [1.165, 1.54) is 25.1 Å². The van der Waals surface area contributed by atoms with Gasteiger partial charge in [0.05, 0.1) is 17.7 Å². The maximum absolute atomic E-state index is 13.8. The first-order valence-electron chi connectivity index (χ1n) is 6.63. The van der Waals surface area contributed by atoms with E-state index in [1.807, 2.05) is 0 Å². The molecular formula is C15H14F2N2O4S. The SMILES string of the molecule is C/C(=N\O)c1ccc(NS(C)(=O)=O)c(Oc2ccc(F)cc2F)c1. The number of nitrogens with one attached hydrogen (secondary N) is 1. The van der Waals surface area contributed by atoms with Gasteiger partial charge in [-0.1, -0.05) is 11.2 Å². The Hall–Kier alpha value is -2.68. The Kier molecular flexibility index (Phi) is 5.03. The van der Waals surface area contributed by atoms with Crippen molar-refractivity contribution in [3.05, 3.63) is 53.6 Å². The molecule has 0 heterocycles. The molecule has 128 valence electrons. The van der Waals surface area contributed by atoms with Crippen LogP contribution in [0.2, 0.25) is 0 Å². The number of halogens is 2. The Morgan fingerprint density at radius 1 is 1.17 bits per heavy atom. The highest BCUT2D eigenvalue weighted by atomic mass is 32.2. The molecule has 24 heavy (non-hydrogen) atoms. The van der Waals surface area contributed by atoms with Crippen LogP contribution < -0.4 is 9.46 Å². The lowest BCUT2D eigenvalue weighted by Crippen LogP contribution is -2.11. The van der Waals surface area contributed by atoms with Crippen molar-refractivity contribution >= 4 is 21.4 Å². The number of rotatable bonds is 5. The molecule has 0 bridgehead atoms. The molecule has 2 N–H and O–H groups in total. The zero-order valence-corrected chi connectivity index (χ0v) is 13.6. The smallest absolute Gasteiger partial charge is 0.229 e. The molecule has 0 atom stereocenters. The molecule has 0 aliphatic heterocycles. The van der Waals surface area contributed by atoms with Gasteiger partial charge in [0.2, 0.25) is 10.0 Å². The Labute approximate surface area is 137 Å². The van der Waals surface area contributed by atoms with E-state index in [2.05, 4.69) is 9.88 Å². The molecule has 6 nitrogen and oxygen atoms in total. The average Bonchev–Trinajstić information content (AvgIpc) is 2.49. The van der Waals surface area contributed by atoms with Gasteiger partial charge in [0.25, 0.3) is 0 Å². The van der Waals surface area contributed by atoms with Crippen molar-refractivity contribution in [2.75, 3.05) is 11.0 Å². The van der Waals surface area contributed by atoms with Crippen LogP contribution in [0.3, 0.4) is 0 Å². The van der Waals surface area contributed by atoms with E-state index in [4.69, 9.17) is 9.94 Å². The highest BCUT2D eigenvalue weighted by Gasteiger charge is 2.14. The van der Waals surface area contributed by atoms with Crippen LogP contribution >= 0.6 is 0 Å². The summed E-state index contributed by atoms with van der Waals surface area (Å²) in [6.07, 6.45) is 0.948. The zero-order chi connectivity index (χ0) is 17.9. The molecule has 0 saturated carbocycles. The summed E-state index contributed by atoms with van der Waals surface area (Å²) in [6.45, 7) is 1.52. The van der Waals surface area contributed by atoms with Crippen molar-refractivity contribution in [3.63, 3.8) is 0 Å². The summed E-state index contributed by atoms with van der Waals surface area (Å²) in [5, 5.41) is 11.9. The molecule has 0 unspecified atom stereocenters. The van der Waals surface area contributed by atoms with Crippen LogP contribution in [0.25, 0.3) is 0 Å². The summed E-state index contributed by atoms with van der Waals surface area (Å²) in [5.41, 5.74) is 0.718. The van der Waals surface area contributed by atoms with E-state index in [-0.39, 0.29) is 22.9 Å². The van der Waals surface area contributed by atoms with Gasteiger partial charge in [-0.25, -0.2) is 17.2 Å². The fourth-order valence-corrected chi connectivity index (χ4v) is 2.42. The second kappa shape index (κ2) is 6.83. The number of hydrogen-bond acceptors (Lipinski definition) is 5. The van der Waals surface area contributed by atoms with Gasteiger partial charge in [0.1, 0.15) is 5.82 Å². The molecule has 0 radical (unpaired) electrons. The largest absolute Gasteiger partial charge is 0.452 e. The van der Waals surface area contributed by atoms with E-state index in [0.29, 0.717) is 11.6 Å². The molecule has 0 saturated heterocycles. The molecule has 0 aromatic heterocycles. The minimum absolute atomic E-state index is 0.0357.